The van der Waals surface area contributed by atoms with Crippen LogP contribution < -0.4 is 18.9 Å². The topological polar surface area (TPSA) is 122 Å². The van der Waals surface area contributed by atoms with Crippen molar-refractivity contribution in [3.05, 3.63) is 229 Å². The minimum Gasteiger partial charge on any atom is -0.489 e. The van der Waals surface area contributed by atoms with Gasteiger partial charge in [0, 0.05) is 36.1 Å². The first-order valence-electron chi connectivity index (χ1n) is 20.7. The summed E-state index contributed by atoms with van der Waals surface area (Å²) in [7, 11) is 0. The van der Waals surface area contributed by atoms with E-state index in [9.17, 15) is 24.0 Å². The molecular formula is C56H40O9. The lowest BCUT2D eigenvalue weighted by molar-refractivity contribution is -0.129. The van der Waals surface area contributed by atoms with Crippen LogP contribution in [0.15, 0.2) is 195 Å². The molecule has 0 saturated heterocycles. The smallest absolute Gasteiger partial charge is 0.343 e. The lowest BCUT2D eigenvalue weighted by Crippen LogP contribution is -2.10. The summed E-state index contributed by atoms with van der Waals surface area (Å²) >= 11 is 0. The van der Waals surface area contributed by atoms with Gasteiger partial charge in [0.05, 0.1) is 5.56 Å². The minimum absolute atomic E-state index is 0.0626. The molecule has 65 heavy (non-hydrogen) atoms. The highest BCUT2D eigenvalue weighted by Crippen LogP contribution is 2.40. The molecule has 0 heterocycles. The summed E-state index contributed by atoms with van der Waals surface area (Å²) < 4.78 is 21.8. The number of carbonyl (C=O) groups excluding carboxylic acids is 5. The van der Waals surface area contributed by atoms with Crippen LogP contribution in [0.4, 0.5) is 0 Å². The van der Waals surface area contributed by atoms with E-state index in [4.69, 9.17) is 18.9 Å². The van der Waals surface area contributed by atoms with Gasteiger partial charge in [-0.05, 0) is 134 Å². The van der Waals surface area contributed by atoms with Crippen molar-refractivity contribution in [1.29, 1.82) is 0 Å². The zero-order chi connectivity index (χ0) is 45.3. The van der Waals surface area contributed by atoms with Crippen LogP contribution >= 0.6 is 0 Å². The van der Waals surface area contributed by atoms with Gasteiger partial charge in [0.1, 0.15) is 29.6 Å². The standard InChI is InChI=1S/C56H40O9/c1-3-52(59)63-45-25-13-36(14-26-45)35-62-44-27-19-39(20-28-44)50(57)33-42-17-15-37-9-5-7-11-48(37)54(42)55-43(18-16-38-10-6-8-12-49(38)55)34-51(58)40-21-29-47(30-22-40)65-56(61)41-23-31-46(32-24-41)64-53(60)4-2/h3-32H,1-2,33-35H2. The van der Waals surface area contributed by atoms with E-state index in [2.05, 4.69) is 13.2 Å². The molecule has 0 N–H and O–H groups in total. The van der Waals surface area contributed by atoms with E-state index in [1.807, 2.05) is 72.8 Å². The first-order chi connectivity index (χ1) is 31.6. The number of carbonyl (C=O) groups is 5. The highest BCUT2D eigenvalue weighted by Gasteiger charge is 2.21. The summed E-state index contributed by atoms with van der Waals surface area (Å²) in [6, 6.07) is 50.4. The second-order valence-electron chi connectivity index (χ2n) is 15.0. The number of fused-ring (bicyclic) bond motifs is 2. The van der Waals surface area contributed by atoms with E-state index in [-0.39, 0.29) is 48.1 Å². The Morgan fingerprint density at radius 3 is 1.28 bits per heavy atom. The molecule has 0 fully saturated rings. The Morgan fingerprint density at radius 2 is 0.815 bits per heavy atom. The van der Waals surface area contributed by atoms with Gasteiger partial charge in [0.15, 0.2) is 11.6 Å². The van der Waals surface area contributed by atoms with Crippen molar-refractivity contribution < 1.29 is 42.9 Å². The highest BCUT2D eigenvalue weighted by molar-refractivity contribution is 6.11. The Balaban J connectivity index is 1.02. The Morgan fingerprint density at radius 1 is 0.415 bits per heavy atom. The molecule has 8 aromatic rings. The first kappa shape index (κ1) is 43.0. The molecule has 0 aliphatic heterocycles. The van der Waals surface area contributed by atoms with Crippen molar-refractivity contribution in [1.82, 2.24) is 0 Å². The van der Waals surface area contributed by atoms with Crippen molar-refractivity contribution in [3.63, 3.8) is 0 Å². The monoisotopic (exact) mass is 856 g/mol. The highest BCUT2D eigenvalue weighted by atomic mass is 16.5. The SMILES string of the molecule is C=CC(=O)Oc1ccc(COc2ccc(C(=O)Cc3ccc4ccccc4c3-c3c(CC(=O)c4ccc(OC(=O)c5ccc(OC(=O)C=C)cc5)cc4)ccc4ccccc34)cc2)cc1. The zero-order valence-electron chi connectivity index (χ0n) is 35.0. The van der Waals surface area contributed by atoms with E-state index in [0.717, 1.165) is 61.5 Å². The van der Waals surface area contributed by atoms with Crippen molar-refractivity contribution >= 4 is 51.0 Å². The van der Waals surface area contributed by atoms with Gasteiger partial charge in [0.2, 0.25) is 0 Å². The van der Waals surface area contributed by atoms with Gasteiger partial charge in [-0.1, -0.05) is 98.1 Å². The maximum Gasteiger partial charge on any atom is 0.343 e. The number of ketones is 2. The molecule has 8 aromatic carbocycles. The van der Waals surface area contributed by atoms with Gasteiger partial charge in [-0.25, -0.2) is 14.4 Å². The maximum absolute atomic E-state index is 14.1. The maximum atomic E-state index is 14.1. The van der Waals surface area contributed by atoms with Crippen molar-refractivity contribution in [2.24, 2.45) is 0 Å². The van der Waals surface area contributed by atoms with E-state index in [0.29, 0.717) is 22.6 Å². The average molecular weight is 857 g/mol. The number of benzene rings is 8. The quantitative estimate of drug-likeness (QED) is 0.0404. The van der Waals surface area contributed by atoms with Crippen LogP contribution in [0.2, 0.25) is 0 Å². The number of ether oxygens (including phenoxy) is 4. The third kappa shape index (κ3) is 10.2. The lowest BCUT2D eigenvalue weighted by atomic mass is 9.84. The molecule has 0 atom stereocenters. The predicted octanol–water partition coefficient (Wildman–Crippen LogP) is 11.5. The Bertz CT molecular complexity index is 3110. The fourth-order valence-corrected chi connectivity index (χ4v) is 7.48. The molecular weight excluding hydrogens is 817 g/mol. The van der Waals surface area contributed by atoms with Crippen LogP contribution in [-0.2, 0) is 29.0 Å². The van der Waals surface area contributed by atoms with Gasteiger partial charge < -0.3 is 18.9 Å². The number of hydrogen-bond donors (Lipinski definition) is 0. The van der Waals surface area contributed by atoms with Crippen molar-refractivity contribution in [3.8, 4) is 34.1 Å². The molecule has 8 rings (SSSR count). The Kier molecular flexibility index (Phi) is 12.9. The van der Waals surface area contributed by atoms with E-state index in [1.165, 1.54) is 24.3 Å². The van der Waals surface area contributed by atoms with E-state index in [1.54, 1.807) is 72.8 Å². The Hall–Kier alpha value is -8.69. The average Bonchev–Trinajstić information content (AvgIpc) is 3.34. The molecule has 0 spiro atoms. The predicted molar refractivity (Wildman–Crippen MR) is 250 cm³/mol. The van der Waals surface area contributed by atoms with E-state index < -0.39 is 17.9 Å². The second kappa shape index (κ2) is 19.6. The van der Waals surface area contributed by atoms with Gasteiger partial charge in [0.25, 0.3) is 0 Å². The Labute approximate surface area is 374 Å². The molecule has 0 aliphatic carbocycles. The molecule has 0 amide bonds. The summed E-state index contributed by atoms with van der Waals surface area (Å²) in [6.07, 6.45) is 2.31. The van der Waals surface area contributed by atoms with Crippen LogP contribution in [0, 0.1) is 0 Å². The van der Waals surface area contributed by atoms with Gasteiger partial charge in [-0.15, -0.1) is 0 Å². The van der Waals surface area contributed by atoms with Crippen LogP contribution in [0.5, 0.6) is 23.0 Å². The second-order valence-corrected chi connectivity index (χ2v) is 15.0. The van der Waals surface area contributed by atoms with E-state index >= 15 is 0 Å². The van der Waals surface area contributed by atoms with Gasteiger partial charge >= 0.3 is 17.9 Å². The lowest BCUT2D eigenvalue weighted by Gasteiger charge is -2.19. The summed E-state index contributed by atoms with van der Waals surface area (Å²) in [6.45, 7) is 7.05. The molecule has 9 nitrogen and oxygen atoms in total. The molecule has 0 saturated carbocycles. The third-order valence-electron chi connectivity index (χ3n) is 10.7. The van der Waals surface area contributed by atoms with Crippen LogP contribution in [0.1, 0.15) is 47.8 Å². The summed E-state index contributed by atoms with van der Waals surface area (Å²) in [5.41, 5.74) is 5.45. The molecule has 9 heteroatoms. The first-order valence-corrected chi connectivity index (χ1v) is 20.7. The fraction of sp³-hybridized carbons (Fsp3) is 0.0536. The number of rotatable bonds is 16. The zero-order valence-corrected chi connectivity index (χ0v) is 35.0. The molecule has 0 bridgehead atoms. The summed E-state index contributed by atoms with van der Waals surface area (Å²) in [4.78, 5) is 64.1. The van der Waals surface area contributed by atoms with Gasteiger partial charge in [-0.3, -0.25) is 9.59 Å². The number of esters is 3. The normalized spacial score (nSPS) is 10.8. The molecule has 318 valence electrons. The summed E-state index contributed by atoms with van der Waals surface area (Å²) in [5.74, 6) is -0.478. The van der Waals surface area contributed by atoms with Crippen molar-refractivity contribution in [2.45, 2.75) is 19.4 Å². The van der Waals surface area contributed by atoms with Gasteiger partial charge in [-0.2, -0.15) is 0 Å². The van der Waals surface area contributed by atoms with Crippen LogP contribution in [0.25, 0.3) is 32.7 Å². The largest absolute Gasteiger partial charge is 0.489 e. The molecule has 0 radical (unpaired) electrons. The third-order valence-corrected chi connectivity index (χ3v) is 10.7. The van der Waals surface area contributed by atoms with Crippen LogP contribution in [-0.4, -0.2) is 29.5 Å². The van der Waals surface area contributed by atoms with Crippen molar-refractivity contribution in [2.75, 3.05) is 0 Å². The molecule has 0 aromatic heterocycles. The van der Waals surface area contributed by atoms with Crippen LogP contribution in [0.3, 0.4) is 0 Å². The summed E-state index contributed by atoms with van der Waals surface area (Å²) in [5, 5.41) is 3.89. The number of Topliss-reactive ketones (excluding diaryl/α,β-unsaturated/α-hetero) is 2. The molecule has 0 unspecified atom stereocenters. The number of hydrogen-bond acceptors (Lipinski definition) is 9. The fourth-order valence-electron chi connectivity index (χ4n) is 7.48. The minimum atomic E-state index is -0.618. The molecule has 0 aliphatic rings.